The predicted octanol–water partition coefficient (Wildman–Crippen LogP) is 7.76. The minimum Gasteiger partial charge on any atom is -0.254 e. The molecule has 0 N–H and O–H groups in total. The van der Waals surface area contributed by atoms with Crippen LogP contribution in [0.25, 0.3) is 0 Å². The van der Waals surface area contributed by atoms with Crippen LogP contribution in [0, 0.1) is 20.8 Å². The molecule has 0 atom stereocenters. The van der Waals surface area contributed by atoms with Gasteiger partial charge in [0.05, 0.1) is 35.2 Å². The first-order chi connectivity index (χ1) is 15.9. The van der Waals surface area contributed by atoms with Crippen molar-refractivity contribution < 1.29 is 0 Å². The molecule has 3 rings (SSSR count). The smallest absolute Gasteiger partial charge is 0.0823 e. The fourth-order valence-corrected chi connectivity index (χ4v) is 4.39. The van der Waals surface area contributed by atoms with Crippen LogP contribution in [-0.2, 0) is 25.7 Å². The highest BCUT2D eigenvalue weighted by Crippen LogP contribution is 2.29. The molecule has 33 heavy (non-hydrogen) atoms. The van der Waals surface area contributed by atoms with E-state index in [1.807, 2.05) is 12.4 Å². The van der Waals surface area contributed by atoms with Gasteiger partial charge in [-0.05, 0) is 86.4 Å². The maximum atomic E-state index is 4.89. The van der Waals surface area contributed by atoms with E-state index < -0.39 is 0 Å². The molecule has 0 saturated carbocycles. The van der Waals surface area contributed by atoms with Gasteiger partial charge in [0.1, 0.15) is 0 Å². The standard InChI is InChI=1S/C30H37N3/c1-8-23-12-20(5)13-24(9-2)29(23)31-18-27-16-22(7)17-28(33-27)19-32-30-25(10-3)14-21(6)15-26(30)11-4/h12-19H,8-11H2,1-7H3. The Kier molecular flexibility index (Phi) is 8.32. The summed E-state index contributed by atoms with van der Waals surface area (Å²) in [5.41, 5.74) is 12.8. The molecule has 0 aliphatic rings. The first kappa shape index (κ1) is 24.6. The van der Waals surface area contributed by atoms with Crippen LogP contribution in [0.2, 0.25) is 0 Å². The summed E-state index contributed by atoms with van der Waals surface area (Å²) in [4.78, 5) is 14.6. The van der Waals surface area contributed by atoms with Crippen LogP contribution in [0.3, 0.4) is 0 Å². The minimum absolute atomic E-state index is 0.858. The molecular formula is C30H37N3. The average molecular weight is 440 g/mol. The second-order valence-electron chi connectivity index (χ2n) is 8.79. The molecule has 3 nitrogen and oxygen atoms in total. The van der Waals surface area contributed by atoms with Gasteiger partial charge in [0.25, 0.3) is 0 Å². The molecule has 0 amide bonds. The lowest BCUT2D eigenvalue weighted by atomic mass is 10.00. The number of pyridine rings is 1. The Morgan fingerprint density at radius 3 is 1.15 bits per heavy atom. The average Bonchev–Trinajstić information content (AvgIpc) is 2.80. The zero-order valence-corrected chi connectivity index (χ0v) is 21.3. The van der Waals surface area contributed by atoms with Gasteiger partial charge < -0.3 is 0 Å². The molecule has 0 radical (unpaired) electrons. The van der Waals surface area contributed by atoms with Crippen molar-refractivity contribution in [3.63, 3.8) is 0 Å². The van der Waals surface area contributed by atoms with Crippen LogP contribution in [0.15, 0.2) is 46.4 Å². The van der Waals surface area contributed by atoms with E-state index in [0.717, 1.165) is 54.0 Å². The topological polar surface area (TPSA) is 37.6 Å². The van der Waals surface area contributed by atoms with Gasteiger partial charge in [-0.1, -0.05) is 63.1 Å². The molecule has 0 aliphatic carbocycles. The van der Waals surface area contributed by atoms with Gasteiger partial charge in [-0.2, -0.15) is 0 Å². The minimum atomic E-state index is 0.858. The van der Waals surface area contributed by atoms with Crippen LogP contribution >= 0.6 is 0 Å². The van der Waals surface area contributed by atoms with E-state index in [1.165, 1.54) is 33.4 Å². The molecule has 3 aromatic rings. The molecule has 0 unspecified atom stereocenters. The van der Waals surface area contributed by atoms with Crippen molar-refractivity contribution in [2.75, 3.05) is 0 Å². The molecular weight excluding hydrogens is 402 g/mol. The summed E-state index contributed by atoms with van der Waals surface area (Å²) in [5.74, 6) is 0. The summed E-state index contributed by atoms with van der Waals surface area (Å²) in [7, 11) is 0. The summed E-state index contributed by atoms with van der Waals surface area (Å²) in [6.07, 6.45) is 7.67. The highest BCUT2D eigenvalue weighted by atomic mass is 14.8. The second-order valence-corrected chi connectivity index (χ2v) is 8.79. The molecule has 0 spiro atoms. The van der Waals surface area contributed by atoms with E-state index in [9.17, 15) is 0 Å². The molecule has 3 heteroatoms. The van der Waals surface area contributed by atoms with E-state index in [0.29, 0.717) is 0 Å². The fourth-order valence-electron chi connectivity index (χ4n) is 4.39. The van der Waals surface area contributed by atoms with Gasteiger partial charge in [-0.25, -0.2) is 4.98 Å². The Balaban J connectivity index is 1.97. The summed E-state index contributed by atoms with van der Waals surface area (Å²) < 4.78 is 0. The number of hydrogen-bond acceptors (Lipinski definition) is 3. The highest BCUT2D eigenvalue weighted by Gasteiger charge is 2.08. The lowest BCUT2D eigenvalue weighted by molar-refractivity contribution is 1.07. The number of nitrogens with zero attached hydrogens (tertiary/aromatic N) is 3. The number of aryl methyl sites for hydroxylation is 7. The van der Waals surface area contributed by atoms with Crippen molar-refractivity contribution in [3.05, 3.63) is 86.7 Å². The third-order valence-electron chi connectivity index (χ3n) is 6.01. The molecule has 1 heterocycles. The molecule has 1 aromatic heterocycles. The summed E-state index contributed by atoms with van der Waals surface area (Å²) in [6, 6.07) is 13.1. The highest BCUT2D eigenvalue weighted by molar-refractivity contribution is 5.85. The SMILES string of the molecule is CCc1cc(C)cc(CC)c1N=Cc1cc(C)cc(C=Nc2c(CC)cc(C)cc2CC)n1. The quantitative estimate of drug-likeness (QED) is 0.330. The molecule has 0 fully saturated rings. The Morgan fingerprint density at radius 1 is 0.545 bits per heavy atom. The van der Waals surface area contributed by atoms with Crippen LogP contribution in [0.5, 0.6) is 0 Å². The fraction of sp³-hybridized carbons (Fsp3) is 0.367. The normalized spacial score (nSPS) is 11.7. The lowest BCUT2D eigenvalue weighted by Gasteiger charge is -2.11. The van der Waals surface area contributed by atoms with E-state index in [2.05, 4.69) is 84.9 Å². The summed E-state index contributed by atoms with van der Waals surface area (Å²) >= 11 is 0. The van der Waals surface area contributed by atoms with Crippen molar-refractivity contribution in [2.24, 2.45) is 9.98 Å². The Morgan fingerprint density at radius 2 is 0.848 bits per heavy atom. The molecule has 0 aliphatic heterocycles. The first-order valence-corrected chi connectivity index (χ1v) is 12.2. The van der Waals surface area contributed by atoms with Gasteiger partial charge in [0.15, 0.2) is 0 Å². The third kappa shape index (κ3) is 6.04. The first-order valence-electron chi connectivity index (χ1n) is 12.2. The van der Waals surface area contributed by atoms with E-state index in [4.69, 9.17) is 15.0 Å². The molecule has 2 aromatic carbocycles. The predicted molar refractivity (Wildman–Crippen MR) is 143 cm³/mol. The van der Waals surface area contributed by atoms with Crippen molar-refractivity contribution >= 4 is 23.8 Å². The van der Waals surface area contributed by atoms with E-state index in [-0.39, 0.29) is 0 Å². The van der Waals surface area contributed by atoms with Crippen molar-refractivity contribution in [3.8, 4) is 0 Å². The molecule has 172 valence electrons. The third-order valence-corrected chi connectivity index (χ3v) is 6.01. The summed E-state index contributed by atoms with van der Waals surface area (Å²) in [5, 5.41) is 0. The maximum Gasteiger partial charge on any atom is 0.0823 e. The van der Waals surface area contributed by atoms with Gasteiger partial charge in [-0.15, -0.1) is 0 Å². The van der Waals surface area contributed by atoms with Crippen LogP contribution < -0.4 is 0 Å². The number of hydrogen-bond donors (Lipinski definition) is 0. The Hall–Kier alpha value is -3.07. The second kappa shape index (κ2) is 11.2. The maximum absolute atomic E-state index is 4.89. The largest absolute Gasteiger partial charge is 0.254 e. The monoisotopic (exact) mass is 439 g/mol. The number of benzene rings is 2. The molecule has 0 saturated heterocycles. The number of aliphatic imine (C=N–C) groups is 2. The summed E-state index contributed by atoms with van der Waals surface area (Å²) in [6.45, 7) is 15.2. The van der Waals surface area contributed by atoms with Crippen molar-refractivity contribution in [1.29, 1.82) is 0 Å². The van der Waals surface area contributed by atoms with Gasteiger partial charge in [0.2, 0.25) is 0 Å². The van der Waals surface area contributed by atoms with E-state index >= 15 is 0 Å². The van der Waals surface area contributed by atoms with Crippen molar-refractivity contribution in [2.45, 2.75) is 74.1 Å². The Labute approximate surface area is 199 Å². The number of aromatic nitrogens is 1. The number of rotatable bonds is 8. The Bertz CT molecular complexity index is 1050. The lowest BCUT2D eigenvalue weighted by Crippen LogP contribution is -1.97. The van der Waals surface area contributed by atoms with E-state index in [1.54, 1.807) is 0 Å². The van der Waals surface area contributed by atoms with Gasteiger partial charge in [0, 0.05) is 0 Å². The van der Waals surface area contributed by atoms with Crippen LogP contribution in [0.4, 0.5) is 11.4 Å². The van der Waals surface area contributed by atoms with Gasteiger partial charge in [-0.3, -0.25) is 9.98 Å². The van der Waals surface area contributed by atoms with Gasteiger partial charge >= 0.3 is 0 Å². The van der Waals surface area contributed by atoms with Crippen LogP contribution in [-0.4, -0.2) is 17.4 Å². The zero-order chi connectivity index (χ0) is 24.0. The zero-order valence-electron chi connectivity index (χ0n) is 21.3. The van der Waals surface area contributed by atoms with Crippen LogP contribution in [0.1, 0.15) is 78.0 Å². The van der Waals surface area contributed by atoms with Crippen molar-refractivity contribution in [1.82, 2.24) is 4.98 Å². The molecule has 0 bridgehead atoms.